The van der Waals surface area contributed by atoms with Crippen LogP contribution in [0, 0.1) is 0 Å². The number of ether oxygens (including phenoxy) is 1. The van der Waals surface area contributed by atoms with Gasteiger partial charge in [0.05, 0.1) is 13.2 Å². The van der Waals surface area contributed by atoms with Gasteiger partial charge in [-0.15, -0.1) is 0 Å². The molecule has 1 aromatic carbocycles. The van der Waals surface area contributed by atoms with Crippen molar-refractivity contribution in [2.45, 2.75) is 12.8 Å². The number of morpholine rings is 1. The van der Waals surface area contributed by atoms with Crippen molar-refractivity contribution in [1.82, 2.24) is 4.90 Å². The predicted octanol–water partition coefficient (Wildman–Crippen LogP) is 1.30. The molecule has 1 fully saturated rings. The first-order valence-electron chi connectivity index (χ1n) is 7.03. The van der Waals surface area contributed by atoms with E-state index in [0.717, 1.165) is 51.5 Å². The summed E-state index contributed by atoms with van der Waals surface area (Å²) in [5.74, 6) is 0.247. The molecule has 2 heterocycles. The van der Waals surface area contributed by atoms with Gasteiger partial charge in [0, 0.05) is 38.3 Å². The fourth-order valence-electron chi connectivity index (χ4n) is 2.81. The molecule has 3 rings (SSSR count). The van der Waals surface area contributed by atoms with E-state index in [2.05, 4.69) is 17.0 Å². The number of amides is 1. The average Bonchev–Trinajstić information content (AvgIpc) is 2.90. The van der Waals surface area contributed by atoms with Crippen molar-refractivity contribution in [3.63, 3.8) is 0 Å². The minimum atomic E-state index is 0.247. The third-order valence-electron chi connectivity index (χ3n) is 3.93. The standard InChI is InChI=1S/C15H20N2O2/c18-15(6-7-16-9-11-19-12-10-16)17-8-5-13-3-1-2-4-14(13)17/h1-4H,5-12H2. The summed E-state index contributed by atoms with van der Waals surface area (Å²) in [7, 11) is 0. The van der Waals surface area contributed by atoms with Crippen LogP contribution in [0.1, 0.15) is 12.0 Å². The van der Waals surface area contributed by atoms with Crippen LogP contribution < -0.4 is 4.90 Å². The third-order valence-corrected chi connectivity index (χ3v) is 3.93. The van der Waals surface area contributed by atoms with Crippen LogP contribution in [0.3, 0.4) is 0 Å². The van der Waals surface area contributed by atoms with E-state index in [0.29, 0.717) is 6.42 Å². The normalized spacial score (nSPS) is 19.5. The summed E-state index contributed by atoms with van der Waals surface area (Å²) >= 11 is 0. The van der Waals surface area contributed by atoms with Crippen molar-refractivity contribution >= 4 is 11.6 Å². The summed E-state index contributed by atoms with van der Waals surface area (Å²) in [5.41, 5.74) is 2.40. The van der Waals surface area contributed by atoms with Crippen molar-refractivity contribution in [2.75, 3.05) is 44.3 Å². The smallest absolute Gasteiger partial charge is 0.228 e. The monoisotopic (exact) mass is 260 g/mol. The molecular formula is C15H20N2O2. The Hall–Kier alpha value is -1.39. The predicted molar refractivity (Wildman–Crippen MR) is 74.4 cm³/mol. The average molecular weight is 260 g/mol. The molecular weight excluding hydrogens is 240 g/mol. The van der Waals surface area contributed by atoms with Gasteiger partial charge < -0.3 is 9.64 Å². The molecule has 0 radical (unpaired) electrons. The van der Waals surface area contributed by atoms with Gasteiger partial charge in [0.25, 0.3) is 0 Å². The lowest BCUT2D eigenvalue weighted by Crippen LogP contribution is -2.39. The lowest BCUT2D eigenvalue weighted by Gasteiger charge is -2.27. The van der Waals surface area contributed by atoms with Crippen molar-refractivity contribution in [1.29, 1.82) is 0 Å². The molecule has 0 unspecified atom stereocenters. The summed E-state index contributed by atoms with van der Waals surface area (Å²) in [6, 6.07) is 8.21. The Morgan fingerprint density at radius 2 is 1.95 bits per heavy atom. The molecule has 0 aliphatic carbocycles. The second-order valence-corrected chi connectivity index (χ2v) is 5.13. The Morgan fingerprint density at radius 3 is 2.79 bits per heavy atom. The van der Waals surface area contributed by atoms with Crippen molar-refractivity contribution < 1.29 is 9.53 Å². The maximum atomic E-state index is 12.3. The second-order valence-electron chi connectivity index (χ2n) is 5.13. The van der Waals surface area contributed by atoms with Crippen molar-refractivity contribution in [2.24, 2.45) is 0 Å². The van der Waals surface area contributed by atoms with E-state index >= 15 is 0 Å². The number of hydrogen-bond acceptors (Lipinski definition) is 3. The number of nitrogens with zero attached hydrogens (tertiary/aromatic N) is 2. The molecule has 0 N–H and O–H groups in total. The fourth-order valence-corrected chi connectivity index (χ4v) is 2.81. The zero-order valence-corrected chi connectivity index (χ0v) is 11.2. The number of carbonyl (C=O) groups is 1. The van der Waals surface area contributed by atoms with Crippen LogP contribution >= 0.6 is 0 Å². The largest absolute Gasteiger partial charge is 0.379 e. The first kappa shape index (κ1) is 12.6. The first-order valence-corrected chi connectivity index (χ1v) is 7.03. The van der Waals surface area contributed by atoms with Crippen LogP contribution in [0.5, 0.6) is 0 Å². The third kappa shape index (κ3) is 2.80. The van der Waals surface area contributed by atoms with E-state index in [1.165, 1.54) is 5.56 Å². The lowest BCUT2D eigenvalue weighted by molar-refractivity contribution is -0.119. The van der Waals surface area contributed by atoms with Crippen LogP contribution in [0.4, 0.5) is 5.69 Å². The van der Waals surface area contributed by atoms with E-state index in [4.69, 9.17) is 4.74 Å². The fraction of sp³-hybridized carbons (Fsp3) is 0.533. The zero-order valence-electron chi connectivity index (χ0n) is 11.2. The van der Waals surface area contributed by atoms with Gasteiger partial charge >= 0.3 is 0 Å². The molecule has 19 heavy (non-hydrogen) atoms. The van der Waals surface area contributed by atoms with Crippen LogP contribution in [0.25, 0.3) is 0 Å². The molecule has 0 saturated carbocycles. The summed E-state index contributed by atoms with van der Waals surface area (Å²) in [6.07, 6.45) is 1.59. The Morgan fingerprint density at radius 1 is 1.16 bits per heavy atom. The lowest BCUT2D eigenvalue weighted by atomic mass is 10.2. The quantitative estimate of drug-likeness (QED) is 0.821. The number of para-hydroxylation sites is 1. The number of anilines is 1. The van der Waals surface area contributed by atoms with Crippen LogP contribution in [-0.4, -0.2) is 50.2 Å². The van der Waals surface area contributed by atoms with Crippen LogP contribution in [0.2, 0.25) is 0 Å². The molecule has 1 saturated heterocycles. The molecule has 4 nitrogen and oxygen atoms in total. The summed E-state index contributed by atoms with van der Waals surface area (Å²) in [5, 5.41) is 0. The maximum absolute atomic E-state index is 12.3. The molecule has 4 heteroatoms. The molecule has 1 aromatic rings. The zero-order chi connectivity index (χ0) is 13.1. The minimum Gasteiger partial charge on any atom is -0.379 e. The highest BCUT2D eigenvalue weighted by atomic mass is 16.5. The molecule has 0 aromatic heterocycles. The van der Waals surface area contributed by atoms with Gasteiger partial charge in [-0.3, -0.25) is 9.69 Å². The minimum absolute atomic E-state index is 0.247. The van der Waals surface area contributed by atoms with Gasteiger partial charge in [0.2, 0.25) is 5.91 Å². The number of benzene rings is 1. The Bertz CT molecular complexity index is 455. The van der Waals surface area contributed by atoms with Crippen molar-refractivity contribution in [3.8, 4) is 0 Å². The summed E-state index contributed by atoms with van der Waals surface area (Å²) in [4.78, 5) is 16.6. The molecule has 0 atom stereocenters. The molecule has 0 bridgehead atoms. The Balaban J connectivity index is 1.56. The van der Waals surface area contributed by atoms with Crippen LogP contribution in [0.15, 0.2) is 24.3 Å². The number of rotatable bonds is 3. The van der Waals surface area contributed by atoms with E-state index in [-0.39, 0.29) is 5.91 Å². The van der Waals surface area contributed by atoms with Gasteiger partial charge in [-0.2, -0.15) is 0 Å². The highest BCUT2D eigenvalue weighted by Crippen LogP contribution is 2.27. The second kappa shape index (κ2) is 5.72. The van der Waals surface area contributed by atoms with Gasteiger partial charge in [-0.1, -0.05) is 18.2 Å². The Kier molecular flexibility index (Phi) is 3.80. The first-order chi connectivity index (χ1) is 9.34. The number of fused-ring (bicyclic) bond motifs is 1. The highest BCUT2D eigenvalue weighted by molar-refractivity contribution is 5.95. The van der Waals surface area contributed by atoms with Gasteiger partial charge in [0.15, 0.2) is 0 Å². The maximum Gasteiger partial charge on any atom is 0.228 e. The topological polar surface area (TPSA) is 32.8 Å². The molecule has 102 valence electrons. The van der Waals surface area contributed by atoms with Crippen LogP contribution in [-0.2, 0) is 16.0 Å². The Labute approximate surface area is 113 Å². The molecule has 2 aliphatic rings. The summed E-state index contributed by atoms with van der Waals surface area (Å²) in [6.45, 7) is 5.16. The number of carbonyl (C=O) groups excluding carboxylic acids is 1. The number of hydrogen-bond donors (Lipinski definition) is 0. The molecule has 1 amide bonds. The van der Waals surface area contributed by atoms with Gasteiger partial charge in [-0.05, 0) is 18.1 Å². The molecule has 0 spiro atoms. The highest BCUT2D eigenvalue weighted by Gasteiger charge is 2.24. The molecule has 2 aliphatic heterocycles. The van der Waals surface area contributed by atoms with E-state index in [1.54, 1.807) is 0 Å². The SMILES string of the molecule is O=C(CCN1CCOCC1)N1CCc2ccccc21. The van der Waals surface area contributed by atoms with E-state index < -0.39 is 0 Å². The van der Waals surface area contributed by atoms with E-state index in [1.807, 2.05) is 17.0 Å². The van der Waals surface area contributed by atoms with E-state index in [9.17, 15) is 4.79 Å². The summed E-state index contributed by atoms with van der Waals surface area (Å²) < 4.78 is 5.32. The van der Waals surface area contributed by atoms with Crippen molar-refractivity contribution in [3.05, 3.63) is 29.8 Å². The van der Waals surface area contributed by atoms with Gasteiger partial charge in [-0.25, -0.2) is 0 Å². The van der Waals surface area contributed by atoms with Gasteiger partial charge in [0.1, 0.15) is 0 Å².